The van der Waals surface area contributed by atoms with Crippen LogP contribution in [0.15, 0.2) is 28.2 Å². The van der Waals surface area contributed by atoms with E-state index in [2.05, 4.69) is 20.2 Å². The normalized spacial score (nSPS) is 17.5. The number of carbonyl (C=O) groups excluding carboxylic acids is 1. The molecule has 0 atom stereocenters. The number of aryl methyl sites for hydroxylation is 1. The first-order valence-electron chi connectivity index (χ1n) is 9.73. The summed E-state index contributed by atoms with van der Waals surface area (Å²) in [6.07, 6.45) is 5.14. The van der Waals surface area contributed by atoms with Gasteiger partial charge in [-0.1, -0.05) is 41.9 Å². The second-order valence-corrected chi connectivity index (χ2v) is 9.51. The summed E-state index contributed by atoms with van der Waals surface area (Å²) in [5, 5.41) is 21.3. The number of halogens is 1. The van der Waals surface area contributed by atoms with Gasteiger partial charge in [0.05, 0.1) is 10.9 Å². The van der Waals surface area contributed by atoms with Gasteiger partial charge in [-0.15, -0.1) is 10.2 Å². The van der Waals surface area contributed by atoms with Gasteiger partial charge in [0, 0.05) is 11.3 Å². The highest BCUT2D eigenvalue weighted by Crippen LogP contribution is 2.36. The topological polar surface area (TPSA) is 92.7 Å². The quantitative estimate of drug-likeness (QED) is 0.674. The maximum absolute atomic E-state index is 13.9. The molecule has 30 heavy (non-hydrogen) atoms. The Kier molecular flexibility index (Phi) is 4.82. The molecule has 0 spiro atoms. The van der Waals surface area contributed by atoms with E-state index in [9.17, 15) is 14.3 Å². The summed E-state index contributed by atoms with van der Waals surface area (Å²) in [4.78, 5) is 22.2. The largest absolute Gasteiger partial charge is 0.493 e. The van der Waals surface area contributed by atoms with Crippen LogP contribution in [0.1, 0.15) is 48.0 Å². The van der Waals surface area contributed by atoms with Gasteiger partial charge in [-0.25, -0.2) is 9.38 Å². The van der Waals surface area contributed by atoms with E-state index in [0.717, 1.165) is 37.1 Å². The van der Waals surface area contributed by atoms with Crippen molar-refractivity contribution in [1.82, 2.24) is 14.8 Å². The first-order valence-corrected chi connectivity index (χ1v) is 11.4. The van der Waals surface area contributed by atoms with Crippen molar-refractivity contribution in [2.24, 2.45) is 9.98 Å². The lowest BCUT2D eigenvalue weighted by Gasteiger charge is -2.23. The molecule has 1 aromatic carbocycles. The lowest BCUT2D eigenvalue weighted by atomic mass is 9.95. The number of carbonyl (C=O) groups is 1. The highest BCUT2D eigenvalue weighted by Gasteiger charge is 2.29. The summed E-state index contributed by atoms with van der Waals surface area (Å²) in [6.45, 7) is 1.85. The lowest BCUT2D eigenvalue weighted by Crippen LogP contribution is -2.23. The monoisotopic (exact) mass is 443 g/mol. The predicted molar refractivity (Wildman–Crippen MR) is 111 cm³/mol. The third-order valence-electron chi connectivity index (χ3n) is 5.37. The summed E-state index contributed by atoms with van der Waals surface area (Å²) >= 11 is 2.56. The number of aromatic nitrogens is 3. The van der Waals surface area contributed by atoms with Crippen molar-refractivity contribution in [1.29, 1.82) is 0 Å². The third kappa shape index (κ3) is 3.29. The van der Waals surface area contributed by atoms with E-state index >= 15 is 0 Å². The van der Waals surface area contributed by atoms with Crippen LogP contribution in [0.2, 0.25) is 0 Å². The Bertz CT molecular complexity index is 1350. The van der Waals surface area contributed by atoms with Gasteiger partial charge in [-0.3, -0.25) is 9.36 Å². The predicted octanol–water partition coefficient (Wildman–Crippen LogP) is 2.65. The van der Waals surface area contributed by atoms with E-state index < -0.39 is 11.7 Å². The Labute approximate surface area is 178 Å². The third-order valence-corrected chi connectivity index (χ3v) is 7.16. The smallest absolute Gasteiger partial charge is 0.279 e. The van der Waals surface area contributed by atoms with E-state index in [1.165, 1.54) is 40.9 Å². The summed E-state index contributed by atoms with van der Waals surface area (Å²) < 4.78 is 15.7. The SMILES string of the molecule is Cc1nnc(/N=c2/sc(C3=c4cc(F)ccc4=NC3=O)c(O)n2C2CCCCC2)s1. The summed E-state index contributed by atoms with van der Waals surface area (Å²) in [6, 6.07) is 4.12. The minimum atomic E-state index is -0.485. The Morgan fingerprint density at radius 2 is 2.00 bits per heavy atom. The van der Waals surface area contributed by atoms with Crippen LogP contribution in [0, 0.1) is 12.7 Å². The van der Waals surface area contributed by atoms with Crippen LogP contribution in [0.5, 0.6) is 5.88 Å². The average Bonchev–Trinajstić information content (AvgIpc) is 3.37. The highest BCUT2D eigenvalue weighted by atomic mass is 32.1. The van der Waals surface area contributed by atoms with E-state index in [-0.39, 0.29) is 17.5 Å². The summed E-state index contributed by atoms with van der Waals surface area (Å²) in [5.41, 5.74) is 0.214. The van der Waals surface area contributed by atoms with Crippen molar-refractivity contribution >= 4 is 39.3 Å². The molecule has 0 bridgehead atoms. The van der Waals surface area contributed by atoms with Crippen LogP contribution in [0.4, 0.5) is 9.52 Å². The Morgan fingerprint density at radius 3 is 2.73 bits per heavy atom. The lowest BCUT2D eigenvalue weighted by molar-refractivity contribution is -0.112. The van der Waals surface area contributed by atoms with Gasteiger partial charge in [0.1, 0.15) is 15.7 Å². The van der Waals surface area contributed by atoms with Gasteiger partial charge >= 0.3 is 0 Å². The number of aromatic hydroxyl groups is 1. The molecule has 5 rings (SSSR count). The summed E-state index contributed by atoms with van der Waals surface area (Å²) in [5.74, 6) is -0.967. The highest BCUT2D eigenvalue weighted by molar-refractivity contribution is 7.15. The average molecular weight is 444 g/mol. The van der Waals surface area contributed by atoms with Crippen molar-refractivity contribution in [2.75, 3.05) is 0 Å². The van der Waals surface area contributed by atoms with Gasteiger partial charge in [-0.2, -0.15) is 4.99 Å². The number of thiazole rings is 1. The van der Waals surface area contributed by atoms with Crippen molar-refractivity contribution < 1.29 is 14.3 Å². The number of hydrogen-bond donors (Lipinski definition) is 1. The second-order valence-electron chi connectivity index (χ2n) is 7.37. The molecule has 0 radical (unpaired) electrons. The van der Waals surface area contributed by atoms with Gasteiger partial charge in [0.25, 0.3) is 5.91 Å². The van der Waals surface area contributed by atoms with Gasteiger partial charge in [-0.05, 0) is 38.0 Å². The molecule has 3 heterocycles. The second kappa shape index (κ2) is 7.51. The van der Waals surface area contributed by atoms with Crippen molar-refractivity contribution in [3.05, 3.63) is 49.3 Å². The number of amides is 1. The number of rotatable bonds is 3. The van der Waals surface area contributed by atoms with E-state index in [4.69, 9.17) is 0 Å². The molecule has 2 aromatic heterocycles. The molecule has 154 valence electrons. The Hall–Kier alpha value is -2.72. The molecular formula is C20H18FN5O2S2. The van der Waals surface area contributed by atoms with Gasteiger partial charge in [0.15, 0.2) is 4.80 Å². The molecule has 3 aromatic rings. The van der Waals surface area contributed by atoms with Gasteiger partial charge < -0.3 is 5.11 Å². The Morgan fingerprint density at radius 1 is 1.20 bits per heavy atom. The molecule has 0 unspecified atom stereocenters. The van der Waals surface area contributed by atoms with E-state index in [0.29, 0.717) is 25.4 Å². The number of nitrogens with zero attached hydrogens (tertiary/aromatic N) is 5. The maximum atomic E-state index is 13.9. The molecule has 0 saturated heterocycles. The molecule has 1 aliphatic heterocycles. The zero-order valence-corrected chi connectivity index (χ0v) is 17.8. The van der Waals surface area contributed by atoms with Crippen molar-refractivity contribution in [3.8, 4) is 5.88 Å². The maximum Gasteiger partial charge on any atom is 0.279 e. The molecule has 1 saturated carbocycles. The fourth-order valence-corrected chi connectivity index (χ4v) is 5.77. The Balaban J connectivity index is 1.77. The van der Waals surface area contributed by atoms with E-state index in [1.54, 1.807) is 4.57 Å². The van der Waals surface area contributed by atoms with Crippen molar-refractivity contribution in [2.45, 2.75) is 45.1 Å². The first kappa shape index (κ1) is 19.3. The molecule has 2 aliphatic rings. The number of benzene rings is 1. The zero-order valence-electron chi connectivity index (χ0n) is 16.1. The minimum absolute atomic E-state index is 0.0254. The molecule has 7 nitrogen and oxygen atoms in total. The fraction of sp³-hybridized carbons (Fsp3) is 0.350. The van der Waals surface area contributed by atoms with Gasteiger partial charge in [0.2, 0.25) is 11.0 Å². The fourth-order valence-electron chi connectivity index (χ4n) is 4.01. The van der Waals surface area contributed by atoms with E-state index in [1.807, 2.05) is 6.92 Å². The van der Waals surface area contributed by atoms with Crippen molar-refractivity contribution in [3.63, 3.8) is 0 Å². The molecular weight excluding hydrogens is 425 g/mol. The molecule has 1 amide bonds. The van der Waals surface area contributed by atoms with Crippen LogP contribution < -0.4 is 15.4 Å². The standard InChI is InChI=1S/C20H18FN5O2S2/c1-10-24-25-19(29-10)23-20-26(12-5-3-2-4-6-12)18(28)16(30-20)15-13-9-11(21)7-8-14(13)22-17(15)27/h7-9,12,28H,2-6H2,1H3/b23-20+. The molecule has 1 N–H and O–H groups in total. The molecule has 10 heteroatoms. The van der Waals surface area contributed by atoms with Crippen LogP contribution in [-0.4, -0.2) is 25.8 Å². The van der Waals surface area contributed by atoms with Crippen LogP contribution >= 0.6 is 22.7 Å². The number of hydrogen-bond acceptors (Lipinski definition) is 7. The number of fused-ring (bicyclic) bond motifs is 1. The van der Waals surface area contributed by atoms with Crippen LogP contribution in [0.25, 0.3) is 5.57 Å². The molecule has 1 aliphatic carbocycles. The summed E-state index contributed by atoms with van der Waals surface area (Å²) in [7, 11) is 0. The first-order chi connectivity index (χ1) is 14.5. The van der Waals surface area contributed by atoms with Crippen LogP contribution in [-0.2, 0) is 4.79 Å². The molecule has 1 fully saturated rings. The van der Waals surface area contributed by atoms with Crippen LogP contribution in [0.3, 0.4) is 0 Å². The zero-order chi connectivity index (χ0) is 20.8. The minimum Gasteiger partial charge on any atom is -0.493 e.